The van der Waals surface area contributed by atoms with Crippen LogP contribution in [0.2, 0.25) is 0 Å². The summed E-state index contributed by atoms with van der Waals surface area (Å²) in [6.45, 7) is 0. The Morgan fingerprint density at radius 3 is 2.70 bits per heavy atom. The van der Waals surface area contributed by atoms with Crippen molar-refractivity contribution in [2.75, 3.05) is 0 Å². The van der Waals surface area contributed by atoms with Crippen molar-refractivity contribution in [2.45, 2.75) is 6.10 Å². The number of aliphatic carboxylic acids is 1. The van der Waals surface area contributed by atoms with Gasteiger partial charge in [0.2, 0.25) is 0 Å². The summed E-state index contributed by atoms with van der Waals surface area (Å²) in [5.41, 5.74) is 1.83. The van der Waals surface area contributed by atoms with Crippen molar-refractivity contribution in [1.29, 1.82) is 0 Å². The van der Waals surface area contributed by atoms with E-state index in [4.69, 9.17) is 4.74 Å². The standard InChI is InChI=1S/C16H11BrO3/c17-12-6-3-5-11(8-12)15-13(16(18)19)9-10-4-1-2-7-14(10)20-15/h1-9,15H,(H,18,19). The molecule has 4 heteroatoms. The summed E-state index contributed by atoms with van der Waals surface area (Å²) in [5, 5.41) is 9.40. The molecule has 0 aromatic heterocycles. The molecule has 3 nitrogen and oxygen atoms in total. The van der Waals surface area contributed by atoms with Gasteiger partial charge in [-0.25, -0.2) is 4.79 Å². The Kier molecular flexibility index (Phi) is 3.32. The number of carboxylic acids is 1. The van der Waals surface area contributed by atoms with Crippen molar-refractivity contribution < 1.29 is 14.6 Å². The Morgan fingerprint density at radius 2 is 1.95 bits per heavy atom. The lowest BCUT2D eigenvalue weighted by atomic mass is 9.96. The topological polar surface area (TPSA) is 46.5 Å². The SMILES string of the molecule is O=C(O)C1=Cc2ccccc2OC1c1cccc(Br)c1. The average Bonchev–Trinajstić information content (AvgIpc) is 2.46. The lowest BCUT2D eigenvalue weighted by Crippen LogP contribution is -2.20. The Hall–Kier alpha value is -2.07. The van der Waals surface area contributed by atoms with Crippen molar-refractivity contribution in [3.63, 3.8) is 0 Å². The van der Waals surface area contributed by atoms with Crippen LogP contribution in [0.5, 0.6) is 5.75 Å². The van der Waals surface area contributed by atoms with Crippen LogP contribution >= 0.6 is 15.9 Å². The van der Waals surface area contributed by atoms with Crippen molar-refractivity contribution in [1.82, 2.24) is 0 Å². The molecule has 0 spiro atoms. The van der Waals surface area contributed by atoms with Gasteiger partial charge in [0, 0.05) is 10.0 Å². The molecular weight excluding hydrogens is 320 g/mol. The van der Waals surface area contributed by atoms with Crippen LogP contribution in [0.3, 0.4) is 0 Å². The first-order valence-electron chi connectivity index (χ1n) is 6.11. The molecule has 0 saturated heterocycles. The lowest BCUT2D eigenvalue weighted by molar-refractivity contribution is -0.133. The van der Waals surface area contributed by atoms with Crippen molar-refractivity contribution in [2.24, 2.45) is 0 Å². The first-order chi connectivity index (χ1) is 9.65. The molecule has 0 aliphatic carbocycles. The number of hydrogen-bond acceptors (Lipinski definition) is 2. The van der Waals surface area contributed by atoms with Crippen LogP contribution in [-0.2, 0) is 4.79 Å². The third-order valence-corrected chi connectivity index (χ3v) is 3.65. The van der Waals surface area contributed by atoms with Gasteiger partial charge in [0.15, 0.2) is 6.10 Å². The molecule has 100 valence electrons. The van der Waals surface area contributed by atoms with Gasteiger partial charge < -0.3 is 9.84 Å². The molecule has 1 N–H and O–H groups in total. The Labute approximate surface area is 124 Å². The van der Waals surface area contributed by atoms with Crippen LogP contribution < -0.4 is 4.74 Å². The van der Waals surface area contributed by atoms with E-state index in [9.17, 15) is 9.90 Å². The summed E-state index contributed by atoms with van der Waals surface area (Å²) >= 11 is 3.40. The highest BCUT2D eigenvalue weighted by molar-refractivity contribution is 9.10. The summed E-state index contributed by atoms with van der Waals surface area (Å²) in [4.78, 5) is 11.5. The number of benzene rings is 2. The fraction of sp³-hybridized carbons (Fsp3) is 0.0625. The van der Waals surface area contributed by atoms with Crippen LogP contribution in [0.1, 0.15) is 17.2 Å². The zero-order chi connectivity index (χ0) is 14.1. The number of ether oxygens (including phenoxy) is 1. The number of fused-ring (bicyclic) bond motifs is 1. The highest BCUT2D eigenvalue weighted by Gasteiger charge is 2.28. The maximum atomic E-state index is 11.5. The van der Waals surface area contributed by atoms with Crippen molar-refractivity contribution in [3.8, 4) is 5.75 Å². The molecule has 1 aliphatic rings. The van der Waals surface area contributed by atoms with Gasteiger partial charge in [-0.2, -0.15) is 0 Å². The minimum absolute atomic E-state index is 0.238. The quantitative estimate of drug-likeness (QED) is 0.903. The molecule has 1 unspecified atom stereocenters. The Morgan fingerprint density at radius 1 is 1.15 bits per heavy atom. The second kappa shape index (κ2) is 5.13. The van der Waals surface area contributed by atoms with E-state index in [0.29, 0.717) is 5.75 Å². The summed E-state index contributed by atoms with van der Waals surface area (Å²) in [5.74, 6) is -0.271. The molecule has 1 atom stereocenters. The van der Waals surface area contributed by atoms with Crippen molar-refractivity contribution in [3.05, 3.63) is 69.7 Å². The fourth-order valence-electron chi connectivity index (χ4n) is 2.23. The maximum absolute atomic E-state index is 11.5. The van der Waals surface area contributed by atoms with Crippen LogP contribution in [0.25, 0.3) is 6.08 Å². The predicted octanol–water partition coefficient (Wildman–Crippen LogP) is 4.05. The maximum Gasteiger partial charge on any atom is 0.335 e. The molecule has 2 aromatic rings. The Balaban J connectivity index is 2.10. The highest BCUT2D eigenvalue weighted by atomic mass is 79.9. The predicted molar refractivity (Wildman–Crippen MR) is 79.6 cm³/mol. The number of carboxylic acid groups (broad SMARTS) is 1. The molecule has 3 rings (SSSR count). The van der Waals surface area contributed by atoms with E-state index in [1.165, 1.54) is 0 Å². The summed E-state index contributed by atoms with van der Waals surface area (Å²) in [6.07, 6.45) is 1.08. The minimum atomic E-state index is -0.968. The zero-order valence-corrected chi connectivity index (χ0v) is 12.0. The van der Waals surface area contributed by atoms with E-state index in [1.54, 1.807) is 6.08 Å². The van der Waals surface area contributed by atoms with Gasteiger partial charge in [-0.15, -0.1) is 0 Å². The van der Waals surface area contributed by atoms with Gasteiger partial charge in [0.05, 0.1) is 5.57 Å². The molecule has 20 heavy (non-hydrogen) atoms. The van der Waals surface area contributed by atoms with E-state index in [-0.39, 0.29) is 5.57 Å². The van der Waals surface area contributed by atoms with Gasteiger partial charge in [-0.1, -0.05) is 46.3 Å². The monoisotopic (exact) mass is 330 g/mol. The van der Waals surface area contributed by atoms with E-state index < -0.39 is 12.1 Å². The first kappa shape index (κ1) is 12.9. The van der Waals surface area contributed by atoms with Gasteiger partial charge in [0.25, 0.3) is 0 Å². The second-order valence-corrected chi connectivity index (χ2v) is 5.41. The molecular formula is C16H11BrO3. The molecule has 0 bridgehead atoms. The Bertz CT molecular complexity index is 706. The van der Waals surface area contributed by atoms with E-state index in [1.807, 2.05) is 48.5 Å². The normalized spacial score (nSPS) is 16.9. The molecule has 0 radical (unpaired) electrons. The first-order valence-corrected chi connectivity index (χ1v) is 6.90. The number of para-hydroxylation sites is 1. The third kappa shape index (κ3) is 2.34. The summed E-state index contributed by atoms with van der Waals surface area (Å²) < 4.78 is 6.77. The zero-order valence-electron chi connectivity index (χ0n) is 10.4. The van der Waals surface area contributed by atoms with E-state index >= 15 is 0 Å². The number of carbonyl (C=O) groups is 1. The van der Waals surface area contributed by atoms with Gasteiger partial charge in [-0.05, 0) is 29.8 Å². The van der Waals surface area contributed by atoms with E-state index in [2.05, 4.69) is 15.9 Å². The van der Waals surface area contributed by atoms with Gasteiger partial charge in [-0.3, -0.25) is 0 Å². The number of halogens is 1. The molecule has 1 aliphatic heterocycles. The highest BCUT2D eigenvalue weighted by Crippen LogP contribution is 2.37. The summed E-state index contributed by atoms with van der Waals surface area (Å²) in [7, 11) is 0. The van der Waals surface area contributed by atoms with Crippen LogP contribution in [0, 0.1) is 0 Å². The smallest absolute Gasteiger partial charge is 0.335 e. The van der Waals surface area contributed by atoms with E-state index in [0.717, 1.165) is 15.6 Å². The van der Waals surface area contributed by atoms with Crippen LogP contribution in [-0.4, -0.2) is 11.1 Å². The number of rotatable bonds is 2. The molecule has 0 saturated carbocycles. The largest absolute Gasteiger partial charge is 0.480 e. The number of hydrogen-bond donors (Lipinski definition) is 1. The fourth-order valence-corrected chi connectivity index (χ4v) is 2.65. The molecule has 0 fully saturated rings. The minimum Gasteiger partial charge on any atom is -0.480 e. The second-order valence-electron chi connectivity index (χ2n) is 4.50. The summed E-state index contributed by atoms with van der Waals surface area (Å²) in [6, 6.07) is 14.9. The van der Waals surface area contributed by atoms with Gasteiger partial charge >= 0.3 is 5.97 Å². The van der Waals surface area contributed by atoms with Crippen LogP contribution in [0.4, 0.5) is 0 Å². The third-order valence-electron chi connectivity index (χ3n) is 3.16. The molecule has 2 aromatic carbocycles. The molecule has 0 amide bonds. The molecule has 1 heterocycles. The van der Waals surface area contributed by atoms with Crippen LogP contribution in [0.15, 0.2) is 58.6 Å². The lowest BCUT2D eigenvalue weighted by Gasteiger charge is -2.25. The van der Waals surface area contributed by atoms with Gasteiger partial charge in [0.1, 0.15) is 5.75 Å². The van der Waals surface area contributed by atoms with Crippen molar-refractivity contribution >= 4 is 28.0 Å². The average molecular weight is 331 g/mol.